The van der Waals surface area contributed by atoms with Crippen molar-refractivity contribution in [3.8, 4) is 11.5 Å². The molecule has 1 aliphatic heterocycles. The standard InChI is InChI=1S/C27H24N2O5/c1-5-33-20-10-8-17(13-21(20)32-4)24-23-25(30)18-12-15(2)6-9-19(18)34-26(23)27(31)29(24)22-11-7-16(3)14-28-22/h6-14,24H,5H2,1-4H3. The Balaban J connectivity index is 1.78. The molecule has 0 saturated carbocycles. The summed E-state index contributed by atoms with van der Waals surface area (Å²) in [6.07, 6.45) is 1.69. The van der Waals surface area contributed by atoms with Crippen LogP contribution in [0.4, 0.5) is 5.82 Å². The van der Waals surface area contributed by atoms with Crippen LogP contribution in [0.1, 0.15) is 45.8 Å². The summed E-state index contributed by atoms with van der Waals surface area (Å²) in [5, 5.41) is 0.438. The predicted octanol–water partition coefficient (Wildman–Crippen LogP) is 4.96. The Morgan fingerprint density at radius 2 is 1.79 bits per heavy atom. The van der Waals surface area contributed by atoms with Gasteiger partial charge in [0.1, 0.15) is 11.4 Å². The summed E-state index contributed by atoms with van der Waals surface area (Å²) in [7, 11) is 1.55. The highest BCUT2D eigenvalue weighted by Gasteiger charge is 2.44. The molecule has 0 spiro atoms. The maximum Gasteiger partial charge on any atom is 0.296 e. The minimum Gasteiger partial charge on any atom is -0.493 e. The molecule has 0 fully saturated rings. The van der Waals surface area contributed by atoms with Gasteiger partial charge in [0.15, 0.2) is 16.9 Å². The lowest BCUT2D eigenvalue weighted by molar-refractivity contribution is 0.0970. The molecule has 0 bridgehead atoms. The largest absolute Gasteiger partial charge is 0.493 e. The molecule has 0 radical (unpaired) electrons. The average Bonchev–Trinajstić information content (AvgIpc) is 3.13. The first kappa shape index (κ1) is 21.7. The average molecular weight is 456 g/mol. The van der Waals surface area contributed by atoms with E-state index in [-0.39, 0.29) is 16.8 Å². The number of ether oxygens (including phenoxy) is 2. The van der Waals surface area contributed by atoms with Crippen LogP contribution in [-0.2, 0) is 0 Å². The van der Waals surface area contributed by atoms with Gasteiger partial charge in [-0.15, -0.1) is 0 Å². The molecule has 0 N–H and O–H groups in total. The van der Waals surface area contributed by atoms with E-state index < -0.39 is 11.9 Å². The van der Waals surface area contributed by atoms with E-state index in [4.69, 9.17) is 13.9 Å². The number of fused-ring (bicyclic) bond motifs is 2. The van der Waals surface area contributed by atoms with Crippen LogP contribution in [0.25, 0.3) is 11.0 Å². The lowest BCUT2D eigenvalue weighted by atomic mass is 9.97. The molecule has 2 aromatic carbocycles. The van der Waals surface area contributed by atoms with Gasteiger partial charge in [0.25, 0.3) is 5.91 Å². The molecule has 0 saturated heterocycles. The number of hydrogen-bond donors (Lipinski definition) is 0. The quantitative estimate of drug-likeness (QED) is 0.422. The normalized spacial score (nSPS) is 15.0. The number of carbonyl (C=O) groups excluding carboxylic acids is 1. The molecule has 172 valence electrons. The van der Waals surface area contributed by atoms with E-state index in [2.05, 4.69) is 4.98 Å². The Morgan fingerprint density at radius 1 is 1.00 bits per heavy atom. The van der Waals surface area contributed by atoms with Crippen molar-refractivity contribution in [2.75, 3.05) is 18.6 Å². The van der Waals surface area contributed by atoms with Crippen molar-refractivity contribution in [3.63, 3.8) is 0 Å². The Morgan fingerprint density at radius 3 is 2.50 bits per heavy atom. The number of benzene rings is 2. The van der Waals surface area contributed by atoms with E-state index in [1.165, 1.54) is 4.90 Å². The fraction of sp³-hybridized carbons (Fsp3) is 0.222. The van der Waals surface area contributed by atoms with Gasteiger partial charge in [0.2, 0.25) is 5.76 Å². The molecule has 1 unspecified atom stereocenters. The Bertz CT molecular complexity index is 1470. The van der Waals surface area contributed by atoms with Gasteiger partial charge in [-0.1, -0.05) is 23.8 Å². The zero-order valence-electron chi connectivity index (χ0n) is 19.4. The molecule has 0 aliphatic carbocycles. The highest BCUT2D eigenvalue weighted by atomic mass is 16.5. The van der Waals surface area contributed by atoms with Gasteiger partial charge in [-0.05, 0) is 62.2 Å². The first-order valence-electron chi connectivity index (χ1n) is 11.1. The summed E-state index contributed by atoms with van der Waals surface area (Å²) >= 11 is 0. The number of methoxy groups -OCH3 is 1. The topological polar surface area (TPSA) is 81.9 Å². The molecule has 7 nitrogen and oxygen atoms in total. The van der Waals surface area contributed by atoms with Gasteiger partial charge < -0.3 is 13.9 Å². The summed E-state index contributed by atoms with van der Waals surface area (Å²) in [4.78, 5) is 33.4. The van der Waals surface area contributed by atoms with Gasteiger partial charge >= 0.3 is 0 Å². The van der Waals surface area contributed by atoms with Crippen LogP contribution in [0.2, 0.25) is 0 Å². The molecule has 1 aliphatic rings. The van der Waals surface area contributed by atoms with E-state index in [0.717, 1.165) is 11.1 Å². The third kappa shape index (κ3) is 3.41. The molecule has 5 rings (SSSR count). The number of carbonyl (C=O) groups is 1. The third-order valence-corrected chi connectivity index (χ3v) is 5.97. The number of anilines is 1. The summed E-state index contributed by atoms with van der Waals surface area (Å²) in [5.74, 6) is 1.14. The fourth-order valence-corrected chi connectivity index (χ4v) is 4.37. The molecule has 7 heteroatoms. The Kier molecular flexibility index (Phi) is 5.32. The molecule has 34 heavy (non-hydrogen) atoms. The van der Waals surface area contributed by atoms with Gasteiger partial charge in [0, 0.05) is 6.20 Å². The third-order valence-electron chi connectivity index (χ3n) is 5.97. The zero-order chi connectivity index (χ0) is 24.0. The highest BCUT2D eigenvalue weighted by Crippen LogP contribution is 2.42. The van der Waals surface area contributed by atoms with Crippen LogP contribution in [0.15, 0.2) is 63.9 Å². The van der Waals surface area contributed by atoms with Gasteiger partial charge in [0.05, 0.1) is 30.7 Å². The van der Waals surface area contributed by atoms with E-state index in [1.54, 1.807) is 43.6 Å². The van der Waals surface area contributed by atoms with Crippen molar-refractivity contribution in [3.05, 3.63) is 93.0 Å². The molecule has 3 heterocycles. The van der Waals surface area contributed by atoms with Crippen LogP contribution in [0.5, 0.6) is 11.5 Å². The predicted molar refractivity (Wildman–Crippen MR) is 129 cm³/mol. The lowest BCUT2D eigenvalue weighted by Gasteiger charge is -2.25. The van der Waals surface area contributed by atoms with Crippen LogP contribution in [0.3, 0.4) is 0 Å². The number of hydrogen-bond acceptors (Lipinski definition) is 6. The maximum absolute atomic E-state index is 13.7. The number of rotatable bonds is 5. The molecule has 1 amide bonds. The number of aromatic nitrogens is 1. The zero-order valence-corrected chi connectivity index (χ0v) is 19.4. The number of aryl methyl sites for hydroxylation is 2. The van der Waals surface area contributed by atoms with Gasteiger partial charge in [-0.25, -0.2) is 4.98 Å². The first-order chi connectivity index (χ1) is 16.4. The van der Waals surface area contributed by atoms with Crippen LogP contribution in [-0.4, -0.2) is 24.6 Å². The van der Waals surface area contributed by atoms with Gasteiger partial charge in [-0.2, -0.15) is 0 Å². The number of pyridine rings is 1. The number of amides is 1. The fourth-order valence-electron chi connectivity index (χ4n) is 4.37. The van der Waals surface area contributed by atoms with Crippen molar-refractivity contribution in [1.82, 2.24) is 4.98 Å². The molecule has 4 aromatic rings. The maximum atomic E-state index is 13.7. The minimum atomic E-state index is -0.733. The van der Waals surface area contributed by atoms with Gasteiger partial charge in [-0.3, -0.25) is 14.5 Å². The molecular formula is C27H24N2O5. The van der Waals surface area contributed by atoms with Crippen molar-refractivity contribution in [2.24, 2.45) is 0 Å². The second-order valence-electron chi connectivity index (χ2n) is 8.29. The van der Waals surface area contributed by atoms with E-state index >= 15 is 0 Å². The monoisotopic (exact) mass is 456 g/mol. The number of nitrogens with zero attached hydrogens (tertiary/aromatic N) is 2. The second kappa shape index (κ2) is 8.33. The smallest absolute Gasteiger partial charge is 0.296 e. The Hall–Kier alpha value is -4.13. The summed E-state index contributed by atoms with van der Waals surface area (Å²) < 4.78 is 17.2. The van der Waals surface area contributed by atoms with Crippen molar-refractivity contribution in [1.29, 1.82) is 0 Å². The molecule has 1 atom stereocenters. The van der Waals surface area contributed by atoms with Crippen LogP contribution >= 0.6 is 0 Å². The SMILES string of the molecule is CCOc1ccc(C2c3c(oc4ccc(C)cc4c3=O)C(=O)N2c2ccc(C)cn2)cc1OC. The van der Waals surface area contributed by atoms with E-state index in [0.29, 0.717) is 40.5 Å². The van der Waals surface area contributed by atoms with Crippen molar-refractivity contribution < 1.29 is 18.7 Å². The summed E-state index contributed by atoms with van der Waals surface area (Å²) in [5.41, 5.74) is 3.01. The minimum absolute atomic E-state index is 0.0292. The summed E-state index contributed by atoms with van der Waals surface area (Å²) in [6, 6.07) is 13.7. The second-order valence-corrected chi connectivity index (χ2v) is 8.29. The van der Waals surface area contributed by atoms with Crippen molar-refractivity contribution >= 4 is 22.7 Å². The van der Waals surface area contributed by atoms with Crippen LogP contribution < -0.4 is 19.8 Å². The van der Waals surface area contributed by atoms with Crippen LogP contribution in [0, 0.1) is 13.8 Å². The summed E-state index contributed by atoms with van der Waals surface area (Å²) in [6.45, 7) is 6.21. The van der Waals surface area contributed by atoms with E-state index in [1.807, 2.05) is 39.0 Å². The molecular weight excluding hydrogens is 432 g/mol. The van der Waals surface area contributed by atoms with Crippen molar-refractivity contribution in [2.45, 2.75) is 26.8 Å². The lowest BCUT2D eigenvalue weighted by Crippen LogP contribution is -2.30. The van der Waals surface area contributed by atoms with E-state index in [9.17, 15) is 9.59 Å². The Labute approximate surface area is 196 Å². The highest BCUT2D eigenvalue weighted by molar-refractivity contribution is 6.10. The first-order valence-corrected chi connectivity index (χ1v) is 11.1. The molecule has 2 aromatic heterocycles.